The van der Waals surface area contributed by atoms with Gasteiger partial charge in [0.2, 0.25) is 0 Å². The summed E-state index contributed by atoms with van der Waals surface area (Å²) in [4.78, 5) is 23.1. The van der Waals surface area contributed by atoms with Gasteiger partial charge in [0.05, 0.1) is 11.8 Å². The Morgan fingerprint density at radius 2 is 1.59 bits per heavy atom. The molecule has 1 unspecified atom stereocenters. The Hall–Kier alpha value is -2.27. The third-order valence-electron chi connectivity index (χ3n) is 2.98. The number of carboxylic acids is 1. The van der Waals surface area contributed by atoms with Gasteiger partial charge in [-0.3, -0.25) is 9.59 Å². The first-order valence-corrected chi connectivity index (χ1v) is 7.93. The second-order valence-corrected chi connectivity index (χ2v) is 5.91. The van der Waals surface area contributed by atoms with Crippen molar-refractivity contribution in [3.05, 3.63) is 71.8 Å². The minimum absolute atomic E-state index is 0.115. The lowest BCUT2D eigenvalue weighted by Crippen LogP contribution is -2.34. The van der Waals surface area contributed by atoms with Gasteiger partial charge in [-0.15, -0.1) is 11.8 Å². The summed E-state index contributed by atoms with van der Waals surface area (Å²) in [6.45, 7) is 0. The number of thioether (sulfide) groups is 1. The molecule has 22 heavy (non-hydrogen) atoms. The molecule has 0 aliphatic heterocycles. The normalized spacial score (nSPS) is 11.6. The van der Waals surface area contributed by atoms with Crippen LogP contribution in [0.5, 0.6) is 0 Å². The van der Waals surface area contributed by atoms with Crippen LogP contribution in [0.4, 0.5) is 0 Å². The van der Waals surface area contributed by atoms with E-state index in [1.54, 1.807) is 24.3 Å². The molecule has 0 radical (unpaired) electrons. The third kappa shape index (κ3) is 5.26. The van der Waals surface area contributed by atoms with Crippen LogP contribution in [0.15, 0.2) is 60.7 Å². The largest absolute Gasteiger partial charge is 0.481 e. The SMILES string of the molecule is O=C(O)CC(NC(=O)c1ccccc1)SCc1ccccc1. The average molecular weight is 315 g/mol. The van der Waals surface area contributed by atoms with Crippen molar-refractivity contribution >= 4 is 23.6 Å². The van der Waals surface area contributed by atoms with E-state index in [2.05, 4.69) is 5.32 Å². The van der Waals surface area contributed by atoms with Crippen molar-refractivity contribution in [1.82, 2.24) is 5.32 Å². The third-order valence-corrected chi connectivity index (χ3v) is 4.17. The zero-order valence-electron chi connectivity index (χ0n) is 11.9. The molecule has 2 N–H and O–H groups in total. The average Bonchev–Trinajstić information content (AvgIpc) is 2.54. The Bertz CT molecular complexity index is 616. The lowest BCUT2D eigenvalue weighted by molar-refractivity contribution is -0.137. The van der Waals surface area contributed by atoms with Crippen LogP contribution in [0.25, 0.3) is 0 Å². The maximum atomic E-state index is 12.1. The maximum absolute atomic E-state index is 12.1. The van der Waals surface area contributed by atoms with Crippen molar-refractivity contribution < 1.29 is 14.7 Å². The van der Waals surface area contributed by atoms with Crippen LogP contribution in [0.2, 0.25) is 0 Å². The number of carboxylic acid groups (broad SMARTS) is 1. The Morgan fingerprint density at radius 1 is 1.00 bits per heavy atom. The predicted octanol–water partition coefficient (Wildman–Crippen LogP) is 3.15. The number of aliphatic carboxylic acids is 1. The summed E-state index contributed by atoms with van der Waals surface area (Å²) >= 11 is 1.41. The fraction of sp³-hybridized carbons (Fsp3) is 0.176. The Morgan fingerprint density at radius 3 is 2.18 bits per heavy atom. The molecular weight excluding hydrogens is 298 g/mol. The smallest absolute Gasteiger partial charge is 0.306 e. The highest BCUT2D eigenvalue weighted by molar-refractivity contribution is 7.99. The first kappa shape index (κ1) is 16.1. The Kier molecular flexibility index (Phi) is 6.03. The number of benzene rings is 2. The number of carbonyl (C=O) groups is 2. The van der Waals surface area contributed by atoms with Crippen molar-refractivity contribution in [3.63, 3.8) is 0 Å². The van der Waals surface area contributed by atoms with E-state index >= 15 is 0 Å². The number of amides is 1. The fourth-order valence-electron chi connectivity index (χ4n) is 1.90. The zero-order valence-corrected chi connectivity index (χ0v) is 12.8. The van der Waals surface area contributed by atoms with Gasteiger partial charge in [-0.2, -0.15) is 0 Å². The summed E-state index contributed by atoms with van der Waals surface area (Å²) in [5.74, 6) is -0.542. The van der Waals surface area contributed by atoms with Gasteiger partial charge < -0.3 is 10.4 Å². The minimum Gasteiger partial charge on any atom is -0.481 e. The van der Waals surface area contributed by atoms with Crippen LogP contribution in [0.3, 0.4) is 0 Å². The van der Waals surface area contributed by atoms with Gasteiger partial charge in [0.15, 0.2) is 0 Å². The summed E-state index contributed by atoms with van der Waals surface area (Å²) in [7, 11) is 0. The second kappa shape index (κ2) is 8.24. The summed E-state index contributed by atoms with van der Waals surface area (Å²) in [5, 5.41) is 11.3. The van der Waals surface area contributed by atoms with Gasteiger partial charge in [-0.25, -0.2) is 0 Å². The first-order chi connectivity index (χ1) is 10.6. The van der Waals surface area contributed by atoms with E-state index in [-0.39, 0.29) is 12.3 Å². The number of hydrogen-bond donors (Lipinski definition) is 2. The van der Waals surface area contributed by atoms with Gasteiger partial charge in [0.25, 0.3) is 5.91 Å². The molecule has 0 bridgehead atoms. The molecule has 0 aliphatic rings. The molecule has 0 heterocycles. The van der Waals surface area contributed by atoms with Crippen LogP contribution >= 0.6 is 11.8 Å². The van der Waals surface area contributed by atoms with E-state index in [9.17, 15) is 9.59 Å². The Balaban J connectivity index is 1.97. The van der Waals surface area contributed by atoms with Crippen molar-refractivity contribution in [2.45, 2.75) is 17.5 Å². The molecule has 2 aromatic carbocycles. The lowest BCUT2D eigenvalue weighted by atomic mass is 10.2. The van der Waals surface area contributed by atoms with Crippen molar-refractivity contribution in [2.75, 3.05) is 0 Å². The molecule has 5 heteroatoms. The zero-order chi connectivity index (χ0) is 15.8. The van der Waals surface area contributed by atoms with Crippen molar-refractivity contribution in [2.24, 2.45) is 0 Å². The highest BCUT2D eigenvalue weighted by Crippen LogP contribution is 2.19. The van der Waals surface area contributed by atoms with E-state index < -0.39 is 11.3 Å². The summed E-state index contributed by atoms with van der Waals surface area (Å²) in [6.07, 6.45) is -0.115. The molecule has 114 valence electrons. The summed E-state index contributed by atoms with van der Waals surface area (Å²) in [6, 6.07) is 18.5. The first-order valence-electron chi connectivity index (χ1n) is 6.88. The van der Waals surface area contributed by atoms with Crippen LogP contribution in [-0.4, -0.2) is 22.4 Å². The predicted molar refractivity (Wildman–Crippen MR) is 87.7 cm³/mol. The van der Waals surface area contributed by atoms with E-state index in [4.69, 9.17) is 5.11 Å². The molecule has 0 aliphatic carbocycles. The Labute approximate surface area is 133 Å². The molecule has 4 nitrogen and oxygen atoms in total. The van der Waals surface area contributed by atoms with Crippen LogP contribution in [-0.2, 0) is 10.5 Å². The highest BCUT2D eigenvalue weighted by atomic mass is 32.2. The van der Waals surface area contributed by atoms with E-state index in [1.165, 1.54) is 11.8 Å². The highest BCUT2D eigenvalue weighted by Gasteiger charge is 2.17. The molecule has 0 saturated heterocycles. The molecule has 2 aromatic rings. The van der Waals surface area contributed by atoms with E-state index in [0.29, 0.717) is 11.3 Å². The van der Waals surface area contributed by atoms with Crippen molar-refractivity contribution in [3.8, 4) is 0 Å². The number of nitrogens with one attached hydrogen (secondary N) is 1. The number of carbonyl (C=O) groups excluding carboxylic acids is 1. The lowest BCUT2D eigenvalue weighted by Gasteiger charge is -2.16. The molecule has 0 saturated carbocycles. The van der Waals surface area contributed by atoms with Gasteiger partial charge in [-0.05, 0) is 17.7 Å². The second-order valence-electron chi connectivity index (χ2n) is 4.72. The molecule has 0 fully saturated rings. The summed E-state index contributed by atoms with van der Waals surface area (Å²) in [5.41, 5.74) is 1.62. The molecule has 0 aromatic heterocycles. The maximum Gasteiger partial charge on any atom is 0.306 e. The quantitative estimate of drug-likeness (QED) is 0.770. The van der Waals surface area contributed by atoms with Crippen LogP contribution < -0.4 is 5.32 Å². The molecule has 0 spiro atoms. The van der Waals surface area contributed by atoms with Crippen LogP contribution in [0.1, 0.15) is 22.3 Å². The number of hydrogen-bond acceptors (Lipinski definition) is 3. The number of rotatable bonds is 7. The molecule has 1 atom stereocenters. The molecular formula is C17H17NO3S. The summed E-state index contributed by atoms with van der Waals surface area (Å²) < 4.78 is 0. The van der Waals surface area contributed by atoms with E-state index in [0.717, 1.165) is 5.56 Å². The van der Waals surface area contributed by atoms with E-state index in [1.807, 2.05) is 36.4 Å². The minimum atomic E-state index is -0.932. The fourth-order valence-corrected chi connectivity index (χ4v) is 2.94. The van der Waals surface area contributed by atoms with Gasteiger partial charge in [0, 0.05) is 11.3 Å². The van der Waals surface area contributed by atoms with Gasteiger partial charge >= 0.3 is 5.97 Å². The van der Waals surface area contributed by atoms with Crippen LogP contribution in [0, 0.1) is 0 Å². The molecule has 1 amide bonds. The standard InChI is InChI=1S/C17H17NO3S/c19-16(20)11-15(22-12-13-7-3-1-4-8-13)18-17(21)14-9-5-2-6-10-14/h1-10,15H,11-12H2,(H,18,21)(H,19,20). The monoisotopic (exact) mass is 315 g/mol. The van der Waals surface area contributed by atoms with Crippen molar-refractivity contribution in [1.29, 1.82) is 0 Å². The van der Waals surface area contributed by atoms with Gasteiger partial charge in [0.1, 0.15) is 0 Å². The topological polar surface area (TPSA) is 66.4 Å². The molecule has 2 rings (SSSR count). The van der Waals surface area contributed by atoms with Gasteiger partial charge in [-0.1, -0.05) is 48.5 Å².